The molecule has 0 aromatic heterocycles. The number of hydrogen-bond acceptors (Lipinski definition) is 3. The maximum atomic E-state index is 6.72. The molecule has 1 unspecified atom stereocenters. The van der Waals surface area contributed by atoms with E-state index in [0.717, 1.165) is 38.8 Å². The van der Waals surface area contributed by atoms with Crippen LogP contribution < -0.4 is 0 Å². The summed E-state index contributed by atoms with van der Waals surface area (Å²) < 4.78 is 12.2. The highest BCUT2D eigenvalue weighted by molar-refractivity contribution is 6.69. The molecular formula is C16H33NO2Si. The topological polar surface area (TPSA) is 21.7 Å². The molecule has 0 aromatic carbocycles. The van der Waals surface area contributed by atoms with Crippen molar-refractivity contribution in [3.8, 4) is 0 Å². The molecule has 1 aliphatic heterocycles. The van der Waals surface area contributed by atoms with Gasteiger partial charge in [-0.25, -0.2) is 0 Å². The Bertz CT molecular complexity index is 293. The first-order valence-electron chi connectivity index (χ1n) is 8.39. The molecule has 2 fully saturated rings. The van der Waals surface area contributed by atoms with E-state index in [-0.39, 0.29) is 5.60 Å². The molecule has 2 aliphatic rings. The summed E-state index contributed by atoms with van der Waals surface area (Å²) in [6, 6.07) is 0. The maximum absolute atomic E-state index is 6.72. The Morgan fingerprint density at radius 2 is 1.70 bits per heavy atom. The Hall–Kier alpha value is 0.0969. The number of morpholine rings is 1. The van der Waals surface area contributed by atoms with Gasteiger partial charge in [0.1, 0.15) is 0 Å². The zero-order chi connectivity index (χ0) is 14.6. The van der Waals surface area contributed by atoms with Crippen LogP contribution in [0.3, 0.4) is 0 Å². The Morgan fingerprint density at radius 1 is 1.10 bits per heavy atom. The summed E-state index contributed by atoms with van der Waals surface area (Å²) in [6.45, 7) is 14.4. The average molecular weight is 300 g/mol. The van der Waals surface area contributed by atoms with Gasteiger partial charge in [0.25, 0.3) is 0 Å². The summed E-state index contributed by atoms with van der Waals surface area (Å²) in [6.07, 6.45) is 6.89. The Kier molecular flexibility index (Phi) is 5.68. The number of rotatable bonds is 5. The molecular weight excluding hydrogens is 266 g/mol. The van der Waals surface area contributed by atoms with Crippen molar-refractivity contribution in [3.63, 3.8) is 0 Å². The molecule has 1 heterocycles. The van der Waals surface area contributed by atoms with Crippen molar-refractivity contribution in [2.75, 3.05) is 32.8 Å². The van der Waals surface area contributed by atoms with Gasteiger partial charge >= 0.3 is 0 Å². The smallest absolute Gasteiger partial charge is 0.184 e. The van der Waals surface area contributed by atoms with E-state index in [0.29, 0.717) is 0 Å². The molecule has 4 heteroatoms. The second-order valence-corrected chi connectivity index (χ2v) is 12.2. The van der Waals surface area contributed by atoms with Gasteiger partial charge in [-0.1, -0.05) is 19.3 Å². The van der Waals surface area contributed by atoms with Gasteiger partial charge < -0.3 is 9.16 Å². The van der Waals surface area contributed by atoms with Crippen molar-refractivity contribution in [2.45, 2.75) is 64.3 Å². The summed E-state index contributed by atoms with van der Waals surface area (Å²) in [5.74, 6) is 0.741. The third-order valence-corrected chi connectivity index (χ3v) is 5.73. The van der Waals surface area contributed by atoms with Crippen molar-refractivity contribution in [1.29, 1.82) is 0 Å². The third-order valence-electron chi connectivity index (χ3n) is 4.65. The largest absolute Gasteiger partial charge is 0.411 e. The van der Waals surface area contributed by atoms with Gasteiger partial charge in [0.2, 0.25) is 0 Å². The van der Waals surface area contributed by atoms with Crippen molar-refractivity contribution in [2.24, 2.45) is 5.92 Å². The standard InChI is InChI=1S/C16H33NO2Si/c1-16(19-20(2,3)4,15-8-6-5-7-9-15)14-17-10-12-18-13-11-17/h15H,5-14H2,1-4H3. The monoisotopic (exact) mass is 299 g/mol. The second-order valence-electron chi connectivity index (χ2n) is 7.75. The number of nitrogens with zero attached hydrogens (tertiary/aromatic N) is 1. The molecule has 1 aliphatic carbocycles. The summed E-state index contributed by atoms with van der Waals surface area (Å²) >= 11 is 0. The van der Waals surface area contributed by atoms with Gasteiger partial charge in [-0.3, -0.25) is 4.90 Å². The number of ether oxygens (including phenoxy) is 1. The van der Waals surface area contributed by atoms with Crippen LogP contribution in [0, 0.1) is 5.92 Å². The molecule has 0 amide bonds. The van der Waals surface area contributed by atoms with Crippen LogP contribution in [0.4, 0.5) is 0 Å². The second kappa shape index (κ2) is 6.90. The van der Waals surface area contributed by atoms with Gasteiger partial charge in [0.15, 0.2) is 8.32 Å². The lowest BCUT2D eigenvalue weighted by Gasteiger charge is -2.47. The summed E-state index contributed by atoms with van der Waals surface area (Å²) in [7, 11) is -1.52. The maximum Gasteiger partial charge on any atom is 0.184 e. The zero-order valence-electron chi connectivity index (χ0n) is 13.9. The number of hydrogen-bond donors (Lipinski definition) is 0. The van der Waals surface area contributed by atoms with Gasteiger partial charge in [0.05, 0.1) is 18.8 Å². The summed E-state index contributed by atoms with van der Waals surface area (Å²) in [4.78, 5) is 2.55. The van der Waals surface area contributed by atoms with E-state index in [4.69, 9.17) is 9.16 Å². The molecule has 1 atom stereocenters. The van der Waals surface area contributed by atoms with Crippen molar-refractivity contribution >= 4 is 8.32 Å². The first kappa shape index (κ1) is 16.5. The van der Waals surface area contributed by atoms with E-state index in [1.165, 1.54) is 32.1 Å². The summed E-state index contributed by atoms with van der Waals surface area (Å²) in [5, 5.41) is 0. The first-order valence-corrected chi connectivity index (χ1v) is 11.8. The van der Waals surface area contributed by atoms with Crippen LogP contribution in [-0.2, 0) is 9.16 Å². The lowest BCUT2D eigenvalue weighted by Crippen LogP contribution is -2.55. The molecule has 0 radical (unpaired) electrons. The minimum atomic E-state index is -1.52. The van der Waals surface area contributed by atoms with E-state index in [2.05, 4.69) is 31.5 Å². The quantitative estimate of drug-likeness (QED) is 0.725. The van der Waals surface area contributed by atoms with Crippen LogP contribution >= 0.6 is 0 Å². The van der Waals surface area contributed by atoms with E-state index >= 15 is 0 Å². The average Bonchev–Trinajstić information content (AvgIpc) is 2.39. The predicted molar refractivity (Wildman–Crippen MR) is 86.7 cm³/mol. The van der Waals surface area contributed by atoms with E-state index in [1.807, 2.05) is 0 Å². The van der Waals surface area contributed by atoms with Crippen molar-refractivity contribution in [3.05, 3.63) is 0 Å². The molecule has 2 rings (SSSR count). The van der Waals surface area contributed by atoms with Gasteiger partial charge in [-0.15, -0.1) is 0 Å². The molecule has 0 N–H and O–H groups in total. The molecule has 1 saturated heterocycles. The highest BCUT2D eigenvalue weighted by Gasteiger charge is 2.40. The van der Waals surface area contributed by atoms with Crippen LogP contribution in [0.5, 0.6) is 0 Å². The third kappa shape index (κ3) is 4.83. The minimum Gasteiger partial charge on any atom is -0.411 e. The highest BCUT2D eigenvalue weighted by atomic mass is 28.4. The van der Waals surface area contributed by atoms with Crippen LogP contribution in [0.2, 0.25) is 19.6 Å². The van der Waals surface area contributed by atoms with Gasteiger partial charge in [0, 0.05) is 19.6 Å². The van der Waals surface area contributed by atoms with Crippen LogP contribution in [0.15, 0.2) is 0 Å². The molecule has 0 bridgehead atoms. The lowest BCUT2D eigenvalue weighted by molar-refractivity contribution is -0.0510. The fraction of sp³-hybridized carbons (Fsp3) is 1.00. The Balaban J connectivity index is 2.05. The molecule has 20 heavy (non-hydrogen) atoms. The predicted octanol–water partition coefficient (Wildman–Crippen LogP) is 3.51. The van der Waals surface area contributed by atoms with Gasteiger partial charge in [-0.05, 0) is 45.3 Å². The Morgan fingerprint density at radius 3 is 2.25 bits per heavy atom. The van der Waals surface area contributed by atoms with Crippen molar-refractivity contribution < 1.29 is 9.16 Å². The van der Waals surface area contributed by atoms with Crippen molar-refractivity contribution in [1.82, 2.24) is 4.90 Å². The summed E-state index contributed by atoms with van der Waals surface area (Å²) in [5.41, 5.74) is 0.0439. The molecule has 0 aromatic rings. The van der Waals surface area contributed by atoms with E-state index in [1.54, 1.807) is 0 Å². The first-order chi connectivity index (χ1) is 9.39. The van der Waals surface area contributed by atoms with Crippen LogP contribution in [0.1, 0.15) is 39.0 Å². The van der Waals surface area contributed by atoms with E-state index < -0.39 is 8.32 Å². The molecule has 1 saturated carbocycles. The molecule has 118 valence electrons. The normalized spacial score (nSPS) is 26.4. The fourth-order valence-corrected chi connectivity index (χ4v) is 5.49. The highest BCUT2D eigenvalue weighted by Crippen LogP contribution is 2.37. The van der Waals surface area contributed by atoms with Gasteiger partial charge in [-0.2, -0.15) is 0 Å². The minimum absolute atomic E-state index is 0.0439. The van der Waals surface area contributed by atoms with E-state index in [9.17, 15) is 0 Å². The Labute approximate surface area is 126 Å². The zero-order valence-corrected chi connectivity index (χ0v) is 14.9. The fourth-order valence-electron chi connectivity index (χ4n) is 3.86. The lowest BCUT2D eigenvalue weighted by atomic mass is 9.77. The SMILES string of the molecule is CC(CN1CCOCC1)(O[Si](C)(C)C)C1CCCCC1. The van der Waals surface area contributed by atoms with Crippen LogP contribution in [0.25, 0.3) is 0 Å². The molecule has 0 spiro atoms. The van der Waals surface area contributed by atoms with Crippen LogP contribution in [-0.4, -0.2) is 51.7 Å². The molecule has 3 nitrogen and oxygen atoms in total.